The van der Waals surface area contributed by atoms with Gasteiger partial charge in [0.1, 0.15) is 10.7 Å². The molecule has 0 aliphatic carbocycles. The minimum absolute atomic E-state index is 0. The molecule has 1 aromatic heterocycles. The fourth-order valence-electron chi connectivity index (χ4n) is 2.56. The van der Waals surface area contributed by atoms with E-state index in [2.05, 4.69) is 4.74 Å². The van der Waals surface area contributed by atoms with Gasteiger partial charge in [0.05, 0.1) is 7.11 Å². The highest BCUT2D eigenvalue weighted by Gasteiger charge is 2.31. The lowest BCUT2D eigenvalue weighted by Crippen LogP contribution is -2.33. The van der Waals surface area contributed by atoms with Crippen molar-refractivity contribution >= 4 is 28.4 Å². The normalized spacial score (nSPS) is 11.3. The van der Waals surface area contributed by atoms with Gasteiger partial charge < -0.3 is 14.9 Å². The third-order valence-electron chi connectivity index (χ3n) is 3.91. The van der Waals surface area contributed by atoms with Crippen LogP contribution in [-0.2, 0) is 27.7 Å². The van der Waals surface area contributed by atoms with Gasteiger partial charge in [0.25, 0.3) is 0 Å². The molecule has 0 aliphatic rings. The van der Waals surface area contributed by atoms with E-state index >= 15 is 0 Å². The second kappa shape index (κ2) is 10.5. The molecule has 0 amide bonds. The molecule has 0 spiro atoms. The predicted molar refractivity (Wildman–Crippen MR) is 104 cm³/mol. The summed E-state index contributed by atoms with van der Waals surface area (Å²) in [5.74, 6) is -0.602. The van der Waals surface area contributed by atoms with Crippen molar-refractivity contribution in [2.45, 2.75) is 31.2 Å². The number of hydrogen-bond donors (Lipinski definition) is 1. The van der Waals surface area contributed by atoms with Gasteiger partial charge in [0.15, 0.2) is 0 Å². The number of carbonyl (C=O) groups excluding carboxylic acids is 1. The van der Waals surface area contributed by atoms with E-state index < -0.39 is 16.0 Å². The Kier molecular flexibility index (Phi) is 8.98. The first-order chi connectivity index (χ1) is 12.4. The van der Waals surface area contributed by atoms with E-state index in [-0.39, 0.29) is 41.9 Å². The fraction of sp³-hybridized carbons (Fsp3) is 0.389. The summed E-state index contributed by atoms with van der Waals surface area (Å²) in [6, 6.07) is 10.5. The standard InChI is InChI=1S/C18H24N2O5S.ClH/c1-3-15-17(12-16(25-15)18(21)24-2)26(22,23)20(11-7-10-19)13-14-8-5-4-6-9-14;/h4-6,8-9,12H,3,7,10-11,13,19H2,1-2H3;1H. The summed E-state index contributed by atoms with van der Waals surface area (Å²) < 4.78 is 37.8. The lowest BCUT2D eigenvalue weighted by molar-refractivity contribution is 0.0563. The molecule has 7 nitrogen and oxygen atoms in total. The summed E-state index contributed by atoms with van der Waals surface area (Å²) in [6.45, 7) is 2.63. The molecule has 0 radical (unpaired) electrons. The number of benzene rings is 1. The molecular formula is C18H25ClN2O5S. The third-order valence-corrected chi connectivity index (χ3v) is 5.80. The molecule has 27 heavy (non-hydrogen) atoms. The van der Waals surface area contributed by atoms with Gasteiger partial charge in [-0.3, -0.25) is 0 Å². The molecule has 9 heteroatoms. The number of carbonyl (C=O) groups is 1. The molecule has 2 rings (SSSR count). The van der Waals surface area contributed by atoms with Crippen LogP contribution >= 0.6 is 12.4 Å². The van der Waals surface area contributed by atoms with Gasteiger partial charge in [0, 0.05) is 25.6 Å². The van der Waals surface area contributed by atoms with Gasteiger partial charge >= 0.3 is 5.97 Å². The zero-order chi connectivity index (χ0) is 19.2. The first kappa shape index (κ1) is 23.2. The molecule has 0 saturated heterocycles. The van der Waals surface area contributed by atoms with E-state index in [1.165, 1.54) is 17.5 Å². The number of aryl methyl sites for hydroxylation is 1. The molecule has 0 fully saturated rings. The number of ether oxygens (including phenoxy) is 1. The quantitative estimate of drug-likeness (QED) is 0.630. The first-order valence-corrected chi connectivity index (χ1v) is 9.83. The first-order valence-electron chi connectivity index (χ1n) is 8.39. The van der Waals surface area contributed by atoms with Gasteiger partial charge in [-0.2, -0.15) is 4.31 Å². The maximum Gasteiger partial charge on any atom is 0.373 e. The second-order valence-corrected chi connectivity index (χ2v) is 7.62. The van der Waals surface area contributed by atoms with Crippen LogP contribution in [0.2, 0.25) is 0 Å². The molecule has 1 heterocycles. The summed E-state index contributed by atoms with van der Waals surface area (Å²) >= 11 is 0. The molecule has 1 aromatic carbocycles. The number of sulfonamides is 1. The Balaban J connectivity index is 0.00000364. The third kappa shape index (κ3) is 5.55. The smallest absolute Gasteiger partial charge is 0.373 e. The van der Waals surface area contributed by atoms with Crippen LogP contribution in [0.25, 0.3) is 0 Å². The second-order valence-electron chi connectivity index (χ2n) is 5.71. The Morgan fingerprint density at radius 2 is 1.93 bits per heavy atom. The zero-order valence-corrected chi connectivity index (χ0v) is 17.0. The molecule has 0 bridgehead atoms. The van der Waals surface area contributed by atoms with Crippen LogP contribution in [-0.4, -0.2) is 38.9 Å². The van der Waals surface area contributed by atoms with E-state index in [9.17, 15) is 13.2 Å². The monoisotopic (exact) mass is 416 g/mol. The Hall–Kier alpha value is -1.87. The van der Waals surface area contributed by atoms with E-state index in [1.807, 2.05) is 30.3 Å². The minimum atomic E-state index is -3.86. The highest BCUT2D eigenvalue weighted by Crippen LogP contribution is 2.26. The molecule has 2 N–H and O–H groups in total. The lowest BCUT2D eigenvalue weighted by Gasteiger charge is -2.22. The molecule has 0 saturated carbocycles. The topological polar surface area (TPSA) is 103 Å². The summed E-state index contributed by atoms with van der Waals surface area (Å²) in [5.41, 5.74) is 6.43. The minimum Gasteiger partial charge on any atom is -0.463 e. The number of nitrogens with two attached hydrogens (primary N) is 1. The van der Waals surface area contributed by atoms with Crippen molar-refractivity contribution < 1.29 is 22.4 Å². The van der Waals surface area contributed by atoms with Gasteiger partial charge in [-0.1, -0.05) is 37.3 Å². The Bertz CT molecular complexity index is 837. The number of nitrogens with zero attached hydrogens (tertiary/aromatic N) is 1. The van der Waals surface area contributed by atoms with Crippen LogP contribution in [0, 0.1) is 0 Å². The number of esters is 1. The number of furan rings is 1. The Morgan fingerprint density at radius 1 is 1.26 bits per heavy atom. The average molecular weight is 417 g/mol. The summed E-state index contributed by atoms with van der Waals surface area (Å²) in [5, 5.41) is 0. The largest absolute Gasteiger partial charge is 0.463 e. The van der Waals surface area contributed by atoms with Crippen LogP contribution < -0.4 is 5.73 Å². The van der Waals surface area contributed by atoms with Crippen LogP contribution in [0.1, 0.15) is 35.2 Å². The summed E-state index contributed by atoms with van der Waals surface area (Å²) in [7, 11) is -2.64. The van der Waals surface area contributed by atoms with Crippen LogP contribution in [0.3, 0.4) is 0 Å². The van der Waals surface area contributed by atoms with Crippen molar-refractivity contribution in [3.05, 3.63) is 53.5 Å². The van der Waals surface area contributed by atoms with Crippen molar-refractivity contribution in [3.63, 3.8) is 0 Å². The van der Waals surface area contributed by atoms with Gasteiger partial charge in [0.2, 0.25) is 15.8 Å². The molecular weight excluding hydrogens is 392 g/mol. The van der Waals surface area contributed by atoms with E-state index in [1.54, 1.807) is 6.92 Å². The SMILES string of the molecule is CCc1oc(C(=O)OC)cc1S(=O)(=O)N(CCCN)Cc1ccccc1.Cl. The highest BCUT2D eigenvalue weighted by molar-refractivity contribution is 7.89. The van der Waals surface area contributed by atoms with Gasteiger partial charge in [-0.25, -0.2) is 13.2 Å². The molecule has 0 atom stereocenters. The van der Waals surface area contributed by atoms with E-state index in [0.717, 1.165) is 5.56 Å². The Labute approximate surface area is 165 Å². The van der Waals surface area contributed by atoms with Crippen molar-refractivity contribution in [1.82, 2.24) is 4.31 Å². The molecule has 0 aliphatic heterocycles. The summed E-state index contributed by atoms with van der Waals surface area (Å²) in [6.07, 6.45) is 0.858. The lowest BCUT2D eigenvalue weighted by atomic mass is 10.2. The number of rotatable bonds is 9. The zero-order valence-electron chi connectivity index (χ0n) is 15.4. The van der Waals surface area contributed by atoms with Gasteiger partial charge in [-0.05, 0) is 18.5 Å². The maximum atomic E-state index is 13.2. The summed E-state index contributed by atoms with van der Waals surface area (Å²) in [4.78, 5) is 11.7. The van der Waals surface area contributed by atoms with Crippen molar-refractivity contribution in [1.29, 1.82) is 0 Å². The molecule has 0 unspecified atom stereocenters. The highest BCUT2D eigenvalue weighted by atomic mass is 35.5. The number of halogens is 1. The molecule has 2 aromatic rings. The number of hydrogen-bond acceptors (Lipinski definition) is 6. The molecule has 150 valence electrons. The van der Waals surface area contributed by atoms with Crippen LogP contribution in [0.15, 0.2) is 45.7 Å². The van der Waals surface area contributed by atoms with Crippen molar-refractivity contribution in [2.75, 3.05) is 20.2 Å². The van der Waals surface area contributed by atoms with E-state index in [4.69, 9.17) is 10.2 Å². The predicted octanol–water partition coefficient (Wildman–Crippen LogP) is 2.59. The fourth-order valence-corrected chi connectivity index (χ4v) is 4.25. The van der Waals surface area contributed by atoms with Crippen molar-refractivity contribution in [3.8, 4) is 0 Å². The van der Waals surface area contributed by atoms with E-state index in [0.29, 0.717) is 19.4 Å². The number of methoxy groups -OCH3 is 1. The van der Waals surface area contributed by atoms with Gasteiger partial charge in [-0.15, -0.1) is 12.4 Å². The van der Waals surface area contributed by atoms with Crippen LogP contribution in [0.4, 0.5) is 0 Å². The Morgan fingerprint density at radius 3 is 2.48 bits per heavy atom. The average Bonchev–Trinajstić information content (AvgIpc) is 3.10. The maximum absolute atomic E-state index is 13.2. The van der Waals surface area contributed by atoms with Crippen molar-refractivity contribution in [2.24, 2.45) is 5.73 Å². The van der Waals surface area contributed by atoms with Crippen LogP contribution in [0.5, 0.6) is 0 Å².